The van der Waals surface area contributed by atoms with Crippen molar-refractivity contribution in [3.05, 3.63) is 34.1 Å². The molecule has 0 aromatic heterocycles. The van der Waals surface area contributed by atoms with Crippen LogP contribution in [0.3, 0.4) is 0 Å². The van der Waals surface area contributed by atoms with Crippen molar-refractivity contribution in [3.8, 4) is 0 Å². The number of aliphatic carboxylic acids is 1. The van der Waals surface area contributed by atoms with Crippen molar-refractivity contribution in [3.63, 3.8) is 0 Å². The Morgan fingerprint density at radius 3 is 2.86 bits per heavy atom. The molecule has 1 atom stereocenters. The fourth-order valence-corrected chi connectivity index (χ4v) is 2.79. The molecule has 1 aliphatic heterocycles. The molecule has 1 N–H and O–H groups in total. The topological polar surface area (TPSA) is 66.8 Å². The van der Waals surface area contributed by atoms with Gasteiger partial charge in [0.1, 0.15) is 5.82 Å². The van der Waals surface area contributed by atoms with E-state index in [1.165, 1.54) is 17.0 Å². The Bertz CT molecular complexity index is 560. The van der Waals surface area contributed by atoms with Crippen LogP contribution < -0.4 is 0 Å². The monoisotopic (exact) mass is 373 g/mol. The maximum absolute atomic E-state index is 13.4. The molecule has 7 heteroatoms. The van der Waals surface area contributed by atoms with Crippen LogP contribution in [0.25, 0.3) is 0 Å². The Balaban J connectivity index is 2.16. The number of hydrogen-bond acceptors (Lipinski definition) is 3. The van der Waals surface area contributed by atoms with Gasteiger partial charge in [-0.25, -0.2) is 4.39 Å². The second kappa shape index (κ2) is 7.69. The Labute approximate surface area is 136 Å². The molecule has 1 saturated heterocycles. The third-order valence-electron chi connectivity index (χ3n) is 3.49. The van der Waals surface area contributed by atoms with E-state index in [1.54, 1.807) is 0 Å². The Morgan fingerprint density at radius 2 is 2.23 bits per heavy atom. The lowest BCUT2D eigenvalue weighted by Gasteiger charge is -2.25. The Morgan fingerprint density at radius 1 is 1.45 bits per heavy atom. The average molecular weight is 374 g/mol. The van der Waals surface area contributed by atoms with Crippen molar-refractivity contribution < 1.29 is 23.8 Å². The number of amides is 1. The zero-order chi connectivity index (χ0) is 16.1. The number of nitrogens with zero attached hydrogens (tertiary/aromatic N) is 1. The number of hydrogen-bond donors (Lipinski definition) is 1. The van der Waals surface area contributed by atoms with E-state index in [9.17, 15) is 14.0 Å². The van der Waals surface area contributed by atoms with Gasteiger partial charge in [0, 0.05) is 24.2 Å². The smallest absolute Gasteiger partial charge is 0.305 e. The zero-order valence-electron chi connectivity index (χ0n) is 11.9. The van der Waals surface area contributed by atoms with Crippen molar-refractivity contribution in [2.45, 2.75) is 25.4 Å². The number of ether oxygens (including phenoxy) is 1. The fraction of sp³-hybridized carbons (Fsp3) is 0.467. The number of rotatable bonds is 6. The second-order valence-electron chi connectivity index (χ2n) is 5.15. The first-order valence-corrected chi connectivity index (χ1v) is 7.84. The van der Waals surface area contributed by atoms with Crippen LogP contribution in [0.15, 0.2) is 22.7 Å². The first-order chi connectivity index (χ1) is 10.5. The molecule has 22 heavy (non-hydrogen) atoms. The van der Waals surface area contributed by atoms with E-state index >= 15 is 0 Å². The molecule has 0 bridgehead atoms. The lowest BCUT2D eigenvalue weighted by atomic mass is 10.1. The molecule has 1 amide bonds. The van der Waals surface area contributed by atoms with Gasteiger partial charge in [0.25, 0.3) is 5.91 Å². The van der Waals surface area contributed by atoms with Crippen LogP contribution in [-0.2, 0) is 9.53 Å². The number of benzene rings is 1. The van der Waals surface area contributed by atoms with E-state index in [1.807, 2.05) is 0 Å². The molecule has 1 aliphatic rings. The first-order valence-electron chi connectivity index (χ1n) is 7.05. The molecule has 2 rings (SSSR count). The number of carboxylic acid groups (broad SMARTS) is 1. The maximum Gasteiger partial charge on any atom is 0.305 e. The lowest BCUT2D eigenvalue weighted by molar-refractivity contribution is -0.137. The van der Waals surface area contributed by atoms with Crippen molar-refractivity contribution >= 4 is 27.8 Å². The predicted molar refractivity (Wildman–Crippen MR) is 81.2 cm³/mol. The zero-order valence-corrected chi connectivity index (χ0v) is 13.5. The van der Waals surface area contributed by atoms with Gasteiger partial charge >= 0.3 is 5.97 Å². The van der Waals surface area contributed by atoms with Crippen LogP contribution in [-0.4, -0.2) is 47.7 Å². The minimum Gasteiger partial charge on any atom is -0.481 e. The van der Waals surface area contributed by atoms with Gasteiger partial charge in [-0.2, -0.15) is 0 Å². The molecule has 120 valence electrons. The van der Waals surface area contributed by atoms with Crippen molar-refractivity contribution in [2.24, 2.45) is 0 Å². The van der Waals surface area contributed by atoms with Gasteiger partial charge in [-0.1, -0.05) is 0 Å². The van der Waals surface area contributed by atoms with Gasteiger partial charge in [0.2, 0.25) is 0 Å². The van der Waals surface area contributed by atoms with Crippen LogP contribution in [0.5, 0.6) is 0 Å². The molecule has 1 aromatic carbocycles. The number of carbonyl (C=O) groups is 2. The molecule has 0 radical (unpaired) electrons. The molecular formula is C15H17BrFNO4. The first kappa shape index (κ1) is 16.9. The van der Waals surface area contributed by atoms with Crippen LogP contribution >= 0.6 is 15.9 Å². The van der Waals surface area contributed by atoms with Gasteiger partial charge in [-0.15, -0.1) is 0 Å². The summed E-state index contributed by atoms with van der Waals surface area (Å²) in [5, 5.41) is 8.84. The third kappa shape index (κ3) is 4.51. The van der Waals surface area contributed by atoms with E-state index in [4.69, 9.17) is 9.84 Å². The highest BCUT2D eigenvalue weighted by molar-refractivity contribution is 9.10. The summed E-state index contributed by atoms with van der Waals surface area (Å²) in [5.74, 6) is -1.89. The summed E-state index contributed by atoms with van der Waals surface area (Å²) in [6, 6.07) is 3.86. The van der Waals surface area contributed by atoms with E-state index < -0.39 is 17.7 Å². The van der Waals surface area contributed by atoms with Crippen molar-refractivity contribution in [2.75, 3.05) is 19.7 Å². The van der Waals surface area contributed by atoms with Crippen LogP contribution in [0.2, 0.25) is 0 Å². The molecule has 0 aliphatic carbocycles. The number of carboxylic acids is 1. The molecule has 0 saturated carbocycles. The molecule has 1 unspecified atom stereocenters. The van der Waals surface area contributed by atoms with E-state index in [2.05, 4.69) is 15.9 Å². The van der Waals surface area contributed by atoms with E-state index in [-0.39, 0.29) is 24.6 Å². The minimum absolute atomic E-state index is 0.0664. The van der Waals surface area contributed by atoms with Crippen LogP contribution in [0.1, 0.15) is 29.6 Å². The van der Waals surface area contributed by atoms with Gasteiger partial charge in [-0.3, -0.25) is 9.59 Å². The molecule has 5 nitrogen and oxygen atoms in total. The third-order valence-corrected chi connectivity index (χ3v) is 4.18. The normalized spacial score (nSPS) is 17.5. The lowest BCUT2D eigenvalue weighted by Crippen LogP contribution is -2.39. The molecule has 1 heterocycles. The summed E-state index contributed by atoms with van der Waals surface area (Å²) in [6.07, 6.45) is 1.51. The summed E-state index contributed by atoms with van der Waals surface area (Å²) in [6.45, 7) is 1.03. The molecule has 1 fully saturated rings. The second-order valence-corrected chi connectivity index (χ2v) is 6.01. The maximum atomic E-state index is 13.4. The van der Waals surface area contributed by atoms with E-state index in [0.717, 1.165) is 18.9 Å². The minimum atomic E-state index is -0.983. The molecule has 0 spiro atoms. The van der Waals surface area contributed by atoms with Gasteiger partial charge in [0.05, 0.1) is 18.1 Å². The van der Waals surface area contributed by atoms with E-state index in [0.29, 0.717) is 17.6 Å². The Kier molecular flexibility index (Phi) is 5.90. The Hall–Kier alpha value is -1.47. The molecular weight excluding hydrogens is 357 g/mol. The summed E-state index contributed by atoms with van der Waals surface area (Å²) in [7, 11) is 0. The predicted octanol–water partition coefficient (Wildman–Crippen LogP) is 2.68. The highest BCUT2D eigenvalue weighted by atomic mass is 79.9. The fourth-order valence-electron chi connectivity index (χ4n) is 2.37. The summed E-state index contributed by atoms with van der Waals surface area (Å²) < 4.78 is 19.4. The average Bonchev–Trinajstić information content (AvgIpc) is 2.98. The van der Waals surface area contributed by atoms with Crippen molar-refractivity contribution in [1.29, 1.82) is 0 Å². The molecule has 1 aromatic rings. The SMILES string of the molecule is O=C(O)CCN(CC1CCCO1)C(=O)c1cc(F)ccc1Br. The largest absolute Gasteiger partial charge is 0.481 e. The van der Waals surface area contributed by atoms with Gasteiger partial charge in [0.15, 0.2) is 0 Å². The highest BCUT2D eigenvalue weighted by Crippen LogP contribution is 2.21. The van der Waals surface area contributed by atoms with Gasteiger partial charge < -0.3 is 14.7 Å². The standard InChI is InChI=1S/C15H17BrFNO4/c16-13-4-3-10(17)8-12(13)15(21)18(6-5-14(19)20)9-11-2-1-7-22-11/h3-4,8,11H,1-2,5-7,9H2,(H,19,20). The van der Waals surface area contributed by atoms with Crippen LogP contribution in [0, 0.1) is 5.82 Å². The van der Waals surface area contributed by atoms with Crippen LogP contribution in [0.4, 0.5) is 4.39 Å². The summed E-state index contributed by atoms with van der Waals surface area (Å²) >= 11 is 3.23. The van der Waals surface area contributed by atoms with Gasteiger partial charge in [-0.05, 0) is 47.0 Å². The quantitative estimate of drug-likeness (QED) is 0.832. The number of carbonyl (C=O) groups excluding carboxylic acids is 1. The number of halogens is 2. The summed E-state index contributed by atoms with van der Waals surface area (Å²) in [4.78, 5) is 24.8. The summed E-state index contributed by atoms with van der Waals surface area (Å²) in [5.41, 5.74) is 0.184. The highest BCUT2D eigenvalue weighted by Gasteiger charge is 2.25. The van der Waals surface area contributed by atoms with Crippen molar-refractivity contribution in [1.82, 2.24) is 4.90 Å².